The zero-order valence-electron chi connectivity index (χ0n) is 17.4. The largest absolute Gasteiger partial charge is 0.416 e. The standard InChI is InChI=1S/C20H28F3N5O.HI/c1-4-24-19(25-12-5-6-17-27-18(14(2)3)28-29-17)26-13-11-15-7-9-16(10-8-15)20(21,22)23;/h7-10,14H,4-6,11-13H2,1-3H3,(H2,24,25,26);1H. The van der Waals surface area contributed by atoms with Gasteiger partial charge in [-0.15, -0.1) is 24.0 Å². The molecule has 0 saturated heterocycles. The fourth-order valence-corrected chi connectivity index (χ4v) is 2.55. The molecule has 0 aliphatic rings. The van der Waals surface area contributed by atoms with Crippen molar-refractivity contribution in [1.29, 1.82) is 0 Å². The maximum absolute atomic E-state index is 12.6. The topological polar surface area (TPSA) is 75.3 Å². The first-order valence-corrected chi connectivity index (χ1v) is 9.80. The molecule has 2 N–H and O–H groups in total. The zero-order chi connectivity index (χ0) is 21.3. The van der Waals surface area contributed by atoms with Crippen molar-refractivity contribution in [3.8, 4) is 0 Å². The van der Waals surface area contributed by atoms with Crippen LogP contribution in [0.2, 0.25) is 0 Å². The lowest BCUT2D eigenvalue weighted by Gasteiger charge is -2.12. The Kier molecular flexibility index (Phi) is 11.1. The van der Waals surface area contributed by atoms with Crippen molar-refractivity contribution in [2.45, 2.75) is 52.1 Å². The third-order valence-electron chi connectivity index (χ3n) is 4.15. The zero-order valence-corrected chi connectivity index (χ0v) is 19.8. The van der Waals surface area contributed by atoms with Crippen LogP contribution in [0.15, 0.2) is 33.8 Å². The second-order valence-electron chi connectivity index (χ2n) is 6.94. The van der Waals surface area contributed by atoms with Gasteiger partial charge in [-0.05, 0) is 37.5 Å². The number of aryl methyl sites for hydroxylation is 1. The van der Waals surface area contributed by atoms with Crippen LogP contribution in [0.25, 0.3) is 0 Å². The molecule has 0 fully saturated rings. The molecule has 6 nitrogen and oxygen atoms in total. The predicted octanol–water partition coefficient (Wildman–Crippen LogP) is 4.56. The van der Waals surface area contributed by atoms with Crippen LogP contribution in [0.4, 0.5) is 13.2 Å². The molecule has 0 unspecified atom stereocenters. The van der Waals surface area contributed by atoms with E-state index in [1.807, 2.05) is 20.8 Å². The van der Waals surface area contributed by atoms with Crippen LogP contribution in [0, 0.1) is 0 Å². The minimum atomic E-state index is -4.31. The SMILES string of the molecule is CCNC(=NCCCc1nc(C(C)C)no1)NCCc1ccc(C(F)(F)F)cc1.I. The number of hydrogen-bond donors (Lipinski definition) is 2. The van der Waals surface area contributed by atoms with Crippen LogP contribution < -0.4 is 10.6 Å². The number of guanidine groups is 1. The molecular weight excluding hydrogens is 510 g/mol. The van der Waals surface area contributed by atoms with Gasteiger partial charge in [-0.2, -0.15) is 18.2 Å². The molecule has 10 heteroatoms. The smallest absolute Gasteiger partial charge is 0.357 e. The second kappa shape index (κ2) is 12.8. The molecule has 0 aliphatic carbocycles. The molecule has 30 heavy (non-hydrogen) atoms. The van der Waals surface area contributed by atoms with Gasteiger partial charge in [0.25, 0.3) is 0 Å². The van der Waals surface area contributed by atoms with Crippen LogP contribution in [-0.4, -0.2) is 35.7 Å². The van der Waals surface area contributed by atoms with E-state index in [2.05, 4.69) is 25.8 Å². The Morgan fingerprint density at radius 1 is 1.13 bits per heavy atom. The highest BCUT2D eigenvalue weighted by atomic mass is 127. The summed E-state index contributed by atoms with van der Waals surface area (Å²) in [4.78, 5) is 8.84. The lowest BCUT2D eigenvalue weighted by Crippen LogP contribution is -2.38. The average molecular weight is 539 g/mol. The van der Waals surface area contributed by atoms with Crippen LogP contribution in [0.5, 0.6) is 0 Å². The van der Waals surface area contributed by atoms with Crippen molar-refractivity contribution in [1.82, 2.24) is 20.8 Å². The van der Waals surface area contributed by atoms with Gasteiger partial charge >= 0.3 is 6.18 Å². The van der Waals surface area contributed by atoms with E-state index in [9.17, 15) is 13.2 Å². The van der Waals surface area contributed by atoms with Crippen molar-refractivity contribution >= 4 is 29.9 Å². The monoisotopic (exact) mass is 539 g/mol. The number of alkyl halides is 3. The molecule has 0 amide bonds. The molecule has 2 aromatic rings. The van der Waals surface area contributed by atoms with Crippen molar-refractivity contribution in [3.05, 3.63) is 47.1 Å². The van der Waals surface area contributed by atoms with E-state index in [1.54, 1.807) is 0 Å². The van der Waals surface area contributed by atoms with Crippen LogP contribution >= 0.6 is 24.0 Å². The first kappa shape index (κ1) is 26.2. The summed E-state index contributed by atoms with van der Waals surface area (Å²) in [7, 11) is 0. The lowest BCUT2D eigenvalue weighted by molar-refractivity contribution is -0.137. The summed E-state index contributed by atoms with van der Waals surface area (Å²) < 4.78 is 43.0. The number of aliphatic imine (C=N–C) groups is 1. The third kappa shape index (κ3) is 8.88. The summed E-state index contributed by atoms with van der Waals surface area (Å²) in [6.45, 7) is 7.87. The molecule has 1 aromatic heterocycles. The summed E-state index contributed by atoms with van der Waals surface area (Å²) >= 11 is 0. The van der Waals surface area contributed by atoms with E-state index < -0.39 is 11.7 Å². The molecule has 0 atom stereocenters. The normalized spacial score (nSPS) is 12.0. The van der Waals surface area contributed by atoms with Crippen LogP contribution in [0.3, 0.4) is 0 Å². The van der Waals surface area contributed by atoms with E-state index in [0.717, 1.165) is 24.1 Å². The molecular formula is C20H29F3IN5O. The van der Waals surface area contributed by atoms with Crippen molar-refractivity contribution in [2.75, 3.05) is 19.6 Å². The highest BCUT2D eigenvalue weighted by Crippen LogP contribution is 2.29. The fourth-order valence-electron chi connectivity index (χ4n) is 2.55. The Hall–Kier alpha value is -1.85. The fraction of sp³-hybridized carbons (Fsp3) is 0.550. The Labute approximate surface area is 192 Å². The molecule has 2 rings (SSSR count). The Balaban J connectivity index is 0.00000450. The molecule has 1 heterocycles. The van der Waals surface area contributed by atoms with Crippen molar-refractivity contribution < 1.29 is 17.7 Å². The van der Waals surface area contributed by atoms with E-state index in [-0.39, 0.29) is 29.9 Å². The van der Waals surface area contributed by atoms with Gasteiger partial charge in [0.1, 0.15) is 0 Å². The number of nitrogens with zero attached hydrogens (tertiary/aromatic N) is 3. The minimum absolute atomic E-state index is 0. The second-order valence-corrected chi connectivity index (χ2v) is 6.94. The number of nitrogens with one attached hydrogen (secondary N) is 2. The van der Waals surface area contributed by atoms with Gasteiger partial charge in [0, 0.05) is 32.0 Å². The highest BCUT2D eigenvalue weighted by molar-refractivity contribution is 14.0. The summed E-state index contributed by atoms with van der Waals surface area (Å²) in [5.41, 5.74) is 0.199. The summed E-state index contributed by atoms with van der Waals surface area (Å²) in [6, 6.07) is 5.22. The highest BCUT2D eigenvalue weighted by Gasteiger charge is 2.29. The van der Waals surface area contributed by atoms with Gasteiger partial charge in [0.2, 0.25) is 5.89 Å². The van der Waals surface area contributed by atoms with E-state index in [1.165, 1.54) is 12.1 Å². The van der Waals surface area contributed by atoms with E-state index in [0.29, 0.717) is 50.2 Å². The Bertz CT molecular complexity index is 775. The van der Waals surface area contributed by atoms with Crippen LogP contribution in [0.1, 0.15) is 56.0 Å². The van der Waals surface area contributed by atoms with Gasteiger partial charge in [-0.25, -0.2) is 0 Å². The number of benzene rings is 1. The molecule has 1 aromatic carbocycles. The molecule has 0 aliphatic heterocycles. The molecule has 0 bridgehead atoms. The molecule has 0 radical (unpaired) electrons. The summed E-state index contributed by atoms with van der Waals surface area (Å²) in [5.74, 6) is 2.23. The lowest BCUT2D eigenvalue weighted by atomic mass is 10.1. The summed E-state index contributed by atoms with van der Waals surface area (Å²) in [6.07, 6.45) is -2.27. The van der Waals surface area contributed by atoms with Gasteiger partial charge in [-0.3, -0.25) is 4.99 Å². The van der Waals surface area contributed by atoms with E-state index in [4.69, 9.17) is 4.52 Å². The Morgan fingerprint density at radius 2 is 1.83 bits per heavy atom. The minimum Gasteiger partial charge on any atom is -0.357 e. The van der Waals surface area contributed by atoms with Crippen molar-refractivity contribution in [2.24, 2.45) is 4.99 Å². The molecule has 168 valence electrons. The molecule has 0 spiro atoms. The Morgan fingerprint density at radius 3 is 2.40 bits per heavy atom. The molecule has 0 saturated carbocycles. The van der Waals surface area contributed by atoms with Gasteiger partial charge in [0.05, 0.1) is 5.56 Å². The first-order valence-electron chi connectivity index (χ1n) is 9.80. The van der Waals surface area contributed by atoms with Gasteiger partial charge < -0.3 is 15.2 Å². The predicted molar refractivity (Wildman–Crippen MR) is 121 cm³/mol. The van der Waals surface area contributed by atoms with Crippen LogP contribution in [-0.2, 0) is 19.0 Å². The quantitative estimate of drug-likeness (QED) is 0.212. The first-order chi connectivity index (χ1) is 13.8. The number of hydrogen-bond acceptors (Lipinski definition) is 4. The van der Waals surface area contributed by atoms with E-state index >= 15 is 0 Å². The maximum atomic E-state index is 12.6. The third-order valence-corrected chi connectivity index (χ3v) is 4.15. The van der Waals surface area contributed by atoms with Gasteiger partial charge in [-0.1, -0.05) is 31.1 Å². The maximum Gasteiger partial charge on any atom is 0.416 e. The number of rotatable bonds is 9. The van der Waals surface area contributed by atoms with Gasteiger partial charge in [0.15, 0.2) is 11.8 Å². The number of aromatic nitrogens is 2. The average Bonchev–Trinajstić information content (AvgIpc) is 3.14. The number of halogens is 4. The summed E-state index contributed by atoms with van der Waals surface area (Å²) in [5, 5.41) is 10.3. The van der Waals surface area contributed by atoms with Crippen molar-refractivity contribution in [3.63, 3.8) is 0 Å².